The van der Waals surface area contributed by atoms with E-state index >= 15 is 0 Å². The number of aromatic amines is 1. The number of urea groups is 1. The van der Waals surface area contributed by atoms with Gasteiger partial charge in [-0.15, -0.1) is 0 Å². The van der Waals surface area contributed by atoms with Gasteiger partial charge in [0.15, 0.2) is 0 Å². The summed E-state index contributed by atoms with van der Waals surface area (Å²) in [6.07, 6.45) is 3.42. The van der Waals surface area contributed by atoms with Crippen LogP contribution in [0.2, 0.25) is 0 Å². The van der Waals surface area contributed by atoms with E-state index in [9.17, 15) is 14.4 Å². The summed E-state index contributed by atoms with van der Waals surface area (Å²) in [5.41, 5.74) is 3.17. The van der Waals surface area contributed by atoms with Gasteiger partial charge in [-0.3, -0.25) is 14.5 Å². The molecule has 8 heteroatoms. The molecule has 0 aliphatic carbocycles. The fourth-order valence-corrected chi connectivity index (χ4v) is 3.67. The Balaban J connectivity index is 1.45. The number of aryl methyl sites for hydroxylation is 1. The molecule has 4 amide bonds. The lowest BCUT2D eigenvalue weighted by molar-refractivity contribution is -0.137. The van der Waals surface area contributed by atoms with Crippen molar-refractivity contribution in [3.63, 3.8) is 0 Å². The van der Waals surface area contributed by atoms with Gasteiger partial charge in [0.2, 0.25) is 5.91 Å². The molecule has 0 radical (unpaired) electrons. The van der Waals surface area contributed by atoms with Crippen LogP contribution in [0.25, 0.3) is 0 Å². The van der Waals surface area contributed by atoms with Crippen LogP contribution < -0.4 is 5.32 Å². The van der Waals surface area contributed by atoms with Crippen molar-refractivity contribution in [3.05, 3.63) is 53.6 Å². The number of hydrogen-bond acceptors (Lipinski definition) is 4. The molecule has 1 unspecified atom stereocenters. The Labute approximate surface area is 156 Å². The van der Waals surface area contributed by atoms with Crippen molar-refractivity contribution < 1.29 is 14.4 Å². The molecular weight excluding hydrogens is 346 g/mol. The topological polar surface area (TPSA) is 98.4 Å². The fourth-order valence-electron chi connectivity index (χ4n) is 3.67. The van der Waals surface area contributed by atoms with E-state index in [4.69, 9.17) is 0 Å². The number of H-pyrrole nitrogens is 1. The van der Waals surface area contributed by atoms with Crippen LogP contribution in [0.1, 0.15) is 29.3 Å². The van der Waals surface area contributed by atoms with Crippen molar-refractivity contribution in [2.24, 2.45) is 0 Å². The molecule has 2 aliphatic heterocycles. The van der Waals surface area contributed by atoms with Gasteiger partial charge in [0.1, 0.15) is 6.54 Å². The summed E-state index contributed by atoms with van der Waals surface area (Å²) in [6, 6.07) is 9.71. The normalized spacial score (nSPS) is 19.2. The molecule has 2 aromatic rings. The van der Waals surface area contributed by atoms with Gasteiger partial charge in [-0.1, -0.05) is 30.3 Å². The Kier molecular flexibility index (Phi) is 4.62. The first-order valence-electron chi connectivity index (χ1n) is 9.04. The van der Waals surface area contributed by atoms with Gasteiger partial charge >= 0.3 is 6.03 Å². The van der Waals surface area contributed by atoms with Crippen molar-refractivity contribution in [2.45, 2.75) is 25.3 Å². The number of rotatable bonds is 5. The first-order valence-corrected chi connectivity index (χ1v) is 9.04. The summed E-state index contributed by atoms with van der Waals surface area (Å²) >= 11 is 0. The van der Waals surface area contributed by atoms with Crippen LogP contribution in [0.4, 0.5) is 4.79 Å². The number of carbonyl (C=O) groups is 3. The number of hydrogen-bond donors (Lipinski definition) is 2. The number of nitrogens with zero attached hydrogens (tertiary/aromatic N) is 3. The lowest BCUT2D eigenvalue weighted by Crippen LogP contribution is -2.45. The van der Waals surface area contributed by atoms with Gasteiger partial charge in [0, 0.05) is 12.5 Å². The summed E-state index contributed by atoms with van der Waals surface area (Å²) in [6.45, 7) is 0.683. The SMILES string of the molecule is O=C(CN1C(=O)CNC1=O)N1Cc2[nH]cnc2C(CCc2ccccc2)C1. The standard InChI is InChI=1S/C19H21N5O3/c25-16-8-20-19(27)24(16)11-17(26)23-9-14(18-15(10-23)21-12-22-18)7-6-13-4-2-1-3-5-13/h1-5,12,14H,6-11H2,(H,20,27)(H,21,22). The molecule has 1 aromatic heterocycles. The van der Waals surface area contributed by atoms with Crippen molar-refractivity contribution in [2.75, 3.05) is 19.6 Å². The van der Waals surface area contributed by atoms with Gasteiger partial charge in [-0.05, 0) is 18.4 Å². The quantitative estimate of drug-likeness (QED) is 0.771. The average Bonchev–Trinajstić information content (AvgIpc) is 3.28. The highest BCUT2D eigenvalue weighted by Gasteiger charge is 2.34. The second-order valence-electron chi connectivity index (χ2n) is 6.90. The minimum Gasteiger partial charge on any atom is -0.347 e. The third kappa shape index (κ3) is 3.55. The van der Waals surface area contributed by atoms with Crippen LogP contribution in [0.3, 0.4) is 0 Å². The molecule has 1 fully saturated rings. The van der Waals surface area contributed by atoms with E-state index in [1.807, 2.05) is 18.2 Å². The van der Waals surface area contributed by atoms with Crippen molar-refractivity contribution in [1.29, 1.82) is 0 Å². The van der Waals surface area contributed by atoms with Gasteiger partial charge in [-0.25, -0.2) is 9.78 Å². The lowest BCUT2D eigenvalue weighted by Gasteiger charge is -2.32. The molecule has 3 heterocycles. The van der Waals surface area contributed by atoms with Crippen LogP contribution in [-0.2, 0) is 22.6 Å². The van der Waals surface area contributed by atoms with Crippen LogP contribution in [0.15, 0.2) is 36.7 Å². The number of imide groups is 1. The maximum atomic E-state index is 12.7. The largest absolute Gasteiger partial charge is 0.347 e. The summed E-state index contributed by atoms with van der Waals surface area (Å²) in [4.78, 5) is 46.4. The van der Waals surface area contributed by atoms with E-state index in [2.05, 4.69) is 27.4 Å². The van der Waals surface area contributed by atoms with Gasteiger partial charge < -0.3 is 15.2 Å². The highest BCUT2D eigenvalue weighted by Crippen LogP contribution is 2.29. The Morgan fingerprint density at radius 3 is 2.78 bits per heavy atom. The molecule has 2 N–H and O–H groups in total. The predicted molar refractivity (Wildman–Crippen MR) is 96.6 cm³/mol. The number of fused-ring (bicyclic) bond motifs is 1. The van der Waals surface area contributed by atoms with E-state index in [-0.39, 0.29) is 30.8 Å². The molecule has 0 spiro atoms. The van der Waals surface area contributed by atoms with Gasteiger partial charge in [-0.2, -0.15) is 0 Å². The zero-order chi connectivity index (χ0) is 18.8. The number of nitrogens with one attached hydrogen (secondary N) is 2. The lowest BCUT2D eigenvalue weighted by atomic mass is 9.92. The summed E-state index contributed by atoms with van der Waals surface area (Å²) in [5.74, 6) is -0.481. The van der Waals surface area contributed by atoms with Crippen LogP contribution in [0.5, 0.6) is 0 Å². The van der Waals surface area contributed by atoms with Crippen LogP contribution in [0, 0.1) is 0 Å². The minimum atomic E-state index is -0.506. The Morgan fingerprint density at radius 2 is 2.04 bits per heavy atom. The highest BCUT2D eigenvalue weighted by atomic mass is 16.2. The summed E-state index contributed by atoms with van der Waals surface area (Å²) < 4.78 is 0. The van der Waals surface area contributed by atoms with Gasteiger partial charge in [0.25, 0.3) is 5.91 Å². The molecule has 1 atom stereocenters. The Bertz CT molecular complexity index is 847. The number of aromatic nitrogens is 2. The number of amides is 4. The number of carbonyl (C=O) groups excluding carboxylic acids is 3. The monoisotopic (exact) mass is 367 g/mol. The molecule has 140 valence electrons. The summed E-state index contributed by atoms with van der Waals surface area (Å²) in [7, 11) is 0. The van der Waals surface area contributed by atoms with Crippen LogP contribution >= 0.6 is 0 Å². The minimum absolute atomic E-state index is 0.0451. The molecule has 1 aromatic carbocycles. The first kappa shape index (κ1) is 17.3. The molecule has 1 saturated heterocycles. The van der Waals surface area contributed by atoms with E-state index in [1.165, 1.54) is 5.56 Å². The average molecular weight is 367 g/mol. The Morgan fingerprint density at radius 1 is 1.22 bits per heavy atom. The van der Waals surface area contributed by atoms with E-state index in [1.54, 1.807) is 11.2 Å². The van der Waals surface area contributed by atoms with E-state index < -0.39 is 6.03 Å². The first-order chi connectivity index (χ1) is 13.1. The van der Waals surface area contributed by atoms with Crippen LogP contribution in [-0.4, -0.2) is 57.2 Å². The maximum Gasteiger partial charge on any atom is 0.325 e. The highest BCUT2D eigenvalue weighted by molar-refractivity contribution is 6.04. The molecule has 4 rings (SSSR count). The zero-order valence-corrected chi connectivity index (χ0v) is 14.9. The second kappa shape index (κ2) is 7.22. The molecular formula is C19H21N5O3. The zero-order valence-electron chi connectivity index (χ0n) is 14.9. The molecule has 0 bridgehead atoms. The smallest absolute Gasteiger partial charge is 0.325 e. The molecule has 0 saturated carbocycles. The number of benzene rings is 1. The summed E-state index contributed by atoms with van der Waals surface area (Å²) in [5, 5.41) is 2.44. The van der Waals surface area contributed by atoms with E-state index in [0.29, 0.717) is 13.1 Å². The Hall–Kier alpha value is -3.16. The predicted octanol–water partition coefficient (Wildman–Crippen LogP) is 1.02. The maximum absolute atomic E-state index is 12.7. The molecule has 8 nitrogen and oxygen atoms in total. The molecule has 2 aliphatic rings. The fraction of sp³-hybridized carbons (Fsp3) is 0.368. The third-order valence-corrected chi connectivity index (χ3v) is 5.14. The van der Waals surface area contributed by atoms with Crippen molar-refractivity contribution in [3.8, 4) is 0 Å². The van der Waals surface area contributed by atoms with Crippen molar-refractivity contribution in [1.82, 2.24) is 25.1 Å². The third-order valence-electron chi connectivity index (χ3n) is 5.14. The van der Waals surface area contributed by atoms with E-state index in [0.717, 1.165) is 29.1 Å². The van der Waals surface area contributed by atoms with Crippen molar-refractivity contribution >= 4 is 17.8 Å². The second-order valence-corrected chi connectivity index (χ2v) is 6.90. The number of imidazole rings is 1. The van der Waals surface area contributed by atoms with Gasteiger partial charge in [0.05, 0.1) is 30.8 Å². The molecule has 27 heavy (non-hydrogen) atoms.